The molecule has 0 fully saturated rings. The van der Waals surface area contributed by atoms with Crippen molar-refractivity contribution in [2.75, 3.05) is 6.61 Å². The van der Waals surface area contributed by atoms with Crippen LogP contribution in [0, 0.1) is 20.8 Å². The molecular formula is C19H28N4O2. The van der Waals surface area contributed by atoms with E-state index in [2.05, 4.69) is 15.7 Å². The standard InChI is InChI=1S/C19H28N4O2/c1-12-8-7-9-17(10-12)25-11-13(2)20-19(24)21-14(3)18-15(4)22-23(6)16(18)5/h7-10,13-14H,11H2,1-6H3,(H2,20,21,24). The Morgan fingerprint density at radius 3 is 2.56 bits per heavy atom. The molecule has 0 aliphatic carbocycles. The second-order valence-electron chi connectivity index (χ2n) is 6.58. The van der Waals surface area contributed by atoms with Crippen LogP contribution in [0.4, 0.5) is 4.79 Å². The first kappa shape index (κ1) is 18.8. The molecule has 0 aliphatic rings. The molecule has 2 atom stereocenters. The number of aromatic nitrogens is 2. The van der Waals surface area contributed by atoms with Gasteiger partial charge in [-0.1, -0.05) is 12.1 Å². The van der Waals surface area contributed by atoms with Crippen LogP contribution in [0.25, 0.3) is 0 Å². The molecule has 2 N–H and O–H groups in total. The first-order chi connectivity index (χ1) is 11.8. The van der Waals surface area contributed by atoms with E-state index in [9.17, 15) is 4.79 Å². The molecule has 0 spiro atoms. The smallest absolute Gasteiger partial charge is 0.315 e. The van der Waals surface area contributed by atoms with Crippen LogP contribution in [0.15, 0.2) is 24.3 Å². The van der Waals surface area contributed by atoms with Gasteiger partial charge in [-0.05, 0) is 52.3 Å². The zero-order valence-corrected chi connectivity index (χ0v) is 15.9. The van der Waals surface area contributed by atoms with Crippen LogP contribution in [0.2, 0.25) is 0 Å². The van der Waals surface area contributed by atoms with E-state index in [1.807, 2.05) is 70.6 Å². The van der Waals surface area contributed by atoms with Gasteiger partial charge in [-0.15, -0.1) is 0 Å². The number of nitrogens with zero attached hydrogens (tertiary/aromatic N) is 2. The summed E-state index contributed by atoms with van der Waals surface area (Å²) in [5.74, 6) is 0.809. The van der Waals surface area contributed by atoms with Gasteiger partial charge >= 0.3 is 6.03 Å². The molecule has 0 saturated carbocycles. The summed E-state index contributed by atoms with van der Waals surface area (Å²) < 4.78 is 7.56. The molecule has 0 bridgehead atoms. The number of hydrogen-bond donors (Lipinski definition) is 2. The summed E-state index contributed by atoms with van der Waals surface area (Å²) in [7, 11) is 1.91. The van der Waals surface area contributed by atoms with Crippen molar-refractivity contribution in [2.24, 2.45) is 7.05 Å². The largest absolute Gasteiger partial charge is 0.491 e. The summed E-state index contributed by atoms with van der Waals surface area (Å²) >= 11 is 0. The van der Waals surface area contributed by atoms with E-state index >= 15 is 0 Å². The van der Waals surface area contributed by atoms with Crippen molar-refractivity contribution < 1.29 is 9.53 Å². The Morgan fingerprint density at radius 2 is 1.96 bits per heavy atom. The third-order valence-corrected chi connectivity index (χ3v) is 4.21. The van der Waals surface area contributed by atoms with E-state index < -0.39 is 0 Å². The van der Waals surface area contributed by atoms with Gasteiger partial charge in [0.1, 0.15) is 12.4 Å². The van der Waals surface area contributed by atoms with E-state index in [1.165, 1.54) is 0 Å². The van der Waals surface area contributed by atoms with E-state index in [4.69, 9.17) is 4.74 Å². The number of aryl methyl sites for hydroxylation is 3. The topological polar surface area (TPSA) is 68.2 Å². The van der Waals surface area contributed by atoms with Gasteiger partial charge in [0.15, 0.2) is 0 Å². The summed E-state index contributed by atoms with van der Waals surface area (Å²) in [6.07, 6.45) is 0. The number of hydrogen-bond acceptors (Lipinski definition) is 3. The van der Waals surface area contributed by atoms with Gasteiger partial charge in [-0.3, -0.25) is 4.68 Å². The highest BCUT2D eigenvalue weighted by Crippen LogP contribution is 2.20. The average molecular weight is 344 g/mol. The first-order valence-corrected chi connectivity index (χ1v) is 8.54. The zero-order chi connectivity index (χ0) is 18.6. The maximum absolute atomic E-state index is 12.2. The van der Waals surface area contributed by atoms with Gasteiger partial charge in [0.05, 0.1) is 17.8 Å². The van der Waals surface area contributed by atoms with Crippen molar-refractivity contribution in [3.8, 4) is 5.75 Å². The molecule has 2 amide bonds. The Bertz CT molecular complexity index is 739. The van der Waals surface area contributed by atoms with Crippen LogP contribution in [-0.4, -0.2) is 28.5 Å². The minimum absolute atomic E-state index is 0.108. The fourth-order valence-corrected chi connectivity index (χ4v) is 2.92. The number of amides is 2. The fraction of sp³-hybridized carbons (Fsp3) is 0.474. The lowest BCUT2D eigenvalue weighted by Crippen LogP contribution is -2.44. The first-order valence-electron chi connectivity index (χ1n) is 8.54. The highest BCUT2D eigenvalue weighted by atomic mass is 16.5. The number of nitrogens with one attached hydrogen (secondary N) is 2. The molecule has 1 aromatic carbocycles. The van der Waals surface area contributed by atoms with Crippen molar-refractivity contribution in [2.45, 2.75) is 46.7 Å². The van der Waals surface area contributed by atoms with Gasteiger partial charge in [-0.25, -0.2) is 4.79 Å². The summed E-state index contributed by atoms with van der Waals surface area (Å²) in [5, 5.41) is 10.3. The molecule has 6 heteroatoms. The third kappa shape index (κ3) is 4.98. The maximum Gasteiger partial charge on any atom is 0.315 e. The van der Waals surface area contributed by atoms with Crippen LogP contribution < -0.4 is 15.4 Å². The Balaban J connectivity index is 1.84. The van der Waals surface area contributed by atoms with Crippen molar-refractivity contribution >= 4 is 6.03 Å². The molecule has 2 rings (SSSR count). The summed E-state index contributed by atoms with van der Waals surface area (Å²) in [6, 6.07) is 7.43. The molecule has 2 unspecified atom stereocenters. The number of carbonyl (C=O) groups is 1. The monoisotopic (exact) mass is 344 g/mol. The Morgan fingerprint density at radius 1 is 1.24 bits per heavy atom. The number of ether oxygens (including phenoxy) is 1. The van der Waals surface area contributed by atoms with Gasteiger partial charge in [0.2, 0.25) is 0 Å². The molecule has 0 saturated heterocycles. The predicted molar refractivity (Wildman–Crippen MR) is 98.9 cm³/mol. The van der Waals surface area contributed by atoms with E-state index in [-0.39, 0.29) is 18.1 Å². The van der Waals surface area contributed by atoms with Crippen LogP contribution in [0.5, 0.6) is 5.75 Å². The summed E-state index contributed by atoms with van der Waals surface area (Å²) in [5.41, 5.74) is 4.19. The molecular weight excluding hydrogens is 316 g/mol. The lowest BCUT2D eigenvalue weighted by molar-refractivity contribution is 0.223. The van der Waals surface area contributed by atoms with Gasteiger partial charge in [0.25, 0.3) is 0 Å². The lowest BCUT2D eigenvalue weighted by Gasteiger charge is -2.19. The summed E-state index contributed by atoms with van der Waals surface area (Å²) in [4.78, 5) is 12.2. The Labute approximate surface area is 149 Å². The zero-order valence-electron chi connectivity index (χ0n) is 15.9. The Kier molecular flexibility index (Phi) is 6.07. The van der Waals surface area contributed by atoms with Crippen LogP contribution in [0.1, 0.15) is 42.4 Å². The van der Waals surface area contributed by atoms with Crippen molar-refractivity contribution in [3.63, 3.8) is 0 Å². The highest BCUT2D eigenvalue weighted by molar-refractivity contribution is 5.74. The Hall–Kier alpha value is -2.50. The molecule has 2 aromatic rings. The van der Waals surface area contributed by atoms with E-state index in [0.29, 0.717) is 6.61 Å². The van der Waals surface area contributed by atoms with E-state index in [1.54, 1.807) is 0 Å². The number of urea groups is 1. The molecule has 1 heterocycles. The SMILES string of the molecule is Cc1cccc(OCC(C)NC(=O)NC(C)c2c(C)nn(C)c2C)c1. The van der Waals surface area contributed by atoms with Crippen LogP contribution in [-0.2, 0) is 7.05 Å². The lowest BCUT2D eigenvalue weighted by atomic mass is 10.1. The second-order valence-corrected chi connectivity index (χ2v) is 6.58. The molecule has 136 valence electrons. The predicted octanol–water partition coefficient (Wildman–Crippen LogP) is 3.17. The fourth-order valence-electron chi connectivity index (χ4n) is 2.92. The van der Waals surface area contributed by atoms with Crippen LogP contribution in [0.3, 0.4) is 0 Å². The van der Waals surface area contributed by atoms with Gasteiger partial charge < -0.3 is 15.4 Å². The van der Waals surface area contributed by atoms with Gasteiger partial charge in [-0.2, -0.15) is 5.10 Å². The molecule has 6 nitrogen and oxygen atoms in total. The molecule has 0 aliphatic heterocycles. The van der Waals surface area contributed by atoms with Crippen molar-refractivity contribution in [1.29, 1.82) is 0 Å². The van der Waals surface area contributed by atoms with Gasteiger partial charge in [0, 0.05) is 18.3 Å². The minimum Gasteiger partial charge on any atom is -0.491 e. The highest BCUT2D eigenvalue weighted by Gasteiger charge is 2.18. The molecule has 0 radical (unpaired) electrons. The number of rotatable bonds is 6. The quantitative estimate of drug-likeness (QED) is 0.846. The van der Waals surface area contributed by atoms with E-state index in [0.717, 1.165) is 28.3 Å². The number of carbonyl (C=O) groups excluding carboxylic acids is 1. The van der Waals surface area contributed by atoms with Crippen molar-refractivity contribution in [1.82, 2.24) is 20.4 Å². The second kappa shape index (κ2) is 8.05. The normalized spacial score (nSPS) is 13.2. The maximum atomic E-state index is 12.2. The average Bonchev–Trinajstić information content (AvgIpc) is 2.78. The van der Waals surface area contributed by atoms with Crippen LogP contribution >= 0.6 is 0 Å². The molecule has 1 aromatic heterocycles. The third-order valence-electron chi connectivity index (χ3n) is 4.21. The molecule has 25 heavy (non-hydrogen) atoms. The number of benzene rings is 1. The van der Waals surface area contributed by atoms with Crippen molar-refractivity contribution in [3.05, 3.63) is 46.8 Å². The summed E-state index contributed by atoms with van der Waals surface area (Å²) in [6.45, 7) is 10.3. The minimum atomic E-state index is -0.213.